The van der Waals surface area contributed by atoms with Crippen molar-refractivity contribution >= 4 is 17.2 Å². The Kier molecular flexibility index (Phi) is 5.51. The molecule has 0 saturated heterocycles. The SMILES string of the molecule is Cc1ccc(-c2ccc(C(=O)NC(C)c3ccc(-c4cccc(C#N)c4)cc3)s2)o1. The van der Waals surface area contributed by atoms with E-state index in [4.69, 9.17) is 9.68 Å². The maximum Gasteiger partial charge on any atom is 0.261 e. The highest BCUT2D eigenvalue weighted by Crippen LogP contribution is 2.30. The topological polar surface area (TPSA) is 66.0 Å². The summed E-state index contributed by atoms with van der Waals surface area (Å²) in [6.45, 7) is 3.87. The molecule has 1 amide bonds. The fourth-order valence-electron chi connectivity index (χ4n) is 3.24. The van der Waals surface area contributed by atoms with E-state index >= 15 is 0 Å². The first-order valence-electron chi connectivity index (χ1n) is 9.61. The Morgan fingerprint density at radius 1 is 1.03 bits per heavy atom. The number of nitrogens with one attached hydrogen (secondary N) is 1. The molecule has 1 atom stereocenters. The van der Waals surface area contributed by atoms with Gasteiger partial charge in [0, 0.05) is 0 Å². The summed E-state index contributed by atoms with van der Waals surface area (Å²) in [5, 5.41) is 12.1. The molecule has 0 spiro atoms. The Labute approximate surface area is 179 Å². The molecule has 148 valence electrons. The number of thiophene rings is 1. The lowest BCUT2D eigenvalue weighted by molar-refractivity contribution is 0.0944. The van der Waals surface area contributed by atoms with E-state index in [2.05, 4.69) is 11.4 Å². The van der Waals surface area contributed by atoms with Crippen LogP contribution in [0.1, 0.15) is 39.5 Å². The predicted octanol–water partition coefficient (Wildman–Crippen LogP) is 6.35. The van der Waals surface area contributed by atoms with Gasteiger partial charge in [0.25, 0.3) is 5.91 Å². The molecule has 0 bridgehead atoms. The number of aryl methyl sites for hydroxylation is 1. The molecule has 4 aromatic rings. The van der Waals surface area contributed by atoms with Gasteiger partial charge in [0.15, 0.2) is 0 Å². The quantitative estimate of drug-likeness (QED) is 0.415. The molecule has 0 aliphatic heterocycles. The van der Waals surface area contributed by atoms with Crippen LogP contribution in [0.5, 0.6) is 0 Å². The minimum atomic E-state index is -0.131. The average molecular weight is 413 g/mol. The van der Waals surface area contributed by atoms with E-state index < -0.39 is 0 Å². The molecule has 4 rings (SSSR count). The van der Waals surface area contributed by atoms with Crippen molar-refractivity contribution in [3.05, 3.63) is 94.6 Å². The Balaban J connectivity index is 1.44. The van der Waals surface area contributed by atoms with Crippen molar-refractivity contribution in [1.82, 2.24) is 5.32 Å². The Morgan fingerprint density at radius 2 is 1.83 bits per heavy atom. The molecule has 2 aromatic heterocycles. The second kappa shape index (κ2) is 8.40. The van der Waals surface area contributed by atoms with E-state index in [0.717, 1.165) is 33.1 Å². The van der Waals surface area contributed by atoms with Gasteiger partial charge in [-0.15, -0.1) is 11.3 Å². The molecule has 2 heterocycles. The first-order valence-corrected chi connectivity index (χ1v) is 10.4. The lowest BCUT2D eigenvalue weighted by Gasteiger charge is -2.14. The lowest BCUT2D eigenvalue weighted by Crippen LogP contribution is -2.25. The number of nitriles is 1. The van der Waals surface area contributed by atoms with Gasteiger partial charge >= 0.3 is 0 Å². The fraction of sp³-hybridized carbons (Fsp3) is 0.120. The smallest absolute Gasteiger partial charge is 0.261 e. The van der Waals surface area contributed by atoms with Crippen LogP contribution in [-0.4, -0.2) is 5.91 Å². The van der Waals surface area contributed by atoms with Gasteiger partial charge in [-0.2, -0.15) is 5.26 Å². The summed E-state index contributed by atoms with van der Waals surface area (Å²) in [4.78, 5) is 14.3. The van der Waals surface area contributed by atoms with Crippen LogP contribution >= 0.6 is 11.3 Å². The molecule has 1 N–H and O–H groups in total. The van der Waals surface area contributed by atoms with Gasteiger partial charge in [0.2, 0.25) is 0 Å². The molecule has 2 aromatic carbocycles. The fourth-order valence-corrected chi connectivity index (χ4v) is 4.11. The lowest BCUT2D eigenvalue weighted by atomic mass is 10.00. The van der Waals surface area contributed by atoms with E-state index in [9.17, 15) is 4.79 Å². The third-order valence-electron chi connectivity index (χ3n) is 4.90. The summed E-state index contributed by atoms with van der Waals surface area (Å²) in [6.07, 6.45) is 0. The normalized spacial score (nSPS) is 11.6. The van der Waals surface area contributed by atoms with Crippen molar-refractivity contribution in [1.29, 1.82) is 5.26 Å². The summed E-state index contributed by atoms with van der Waals surface area (Å²) < 4.78 is 5.64. The zero-order valence-electron chi connectivity index (χ0n) is 16.7. The summed E-state index contributed by atoms with van der Waals surface area (Å²) in [5.74, 6) is 1.52. The van der Waals surface area contributed by atoms with Gasteiger partial charge in [0.1, 0.15) is 11.5 Å². The maximum atomic E-state index is 12.7. The van der Waals surface area contributed by atoms with E-state index in [1.807, 2.05) is 80.6 Å². The molecule has 4 nitrogen and oxygen atoms in total. The number of nitrogens with zero attached hydrogens (tertiary/aromatic N) is 1. The van der Waals surface area contributed by atoms with Gasteiger partial charge in [0.05, 0.1) is 27.4 Å². The van der Waals surface area contributed by atoms with Gasteiger partial charge in [-0.1, -0.05) is 36.4 Å². The van der Waals surface area contributed by atoms with Crippen molar-refractivity contribution < 1.29 is 9.21 Å². The molecule has 0 aliphatic carbocycles. The molecule has 0 radical (unpaired) electrons. The van der Waals surface area contributed by atoms with Crippen molar-refractivity contribution in [3.63, 3.8) is 0 Å². The third kappa shape index (κ3) is 4.19. The molecular weight excluding hydrogens is 392 g/mol. The molecule has 0 saturated carbocycles. The minimum Gasteiger partial charge on any atom is -0.461 e. The molecule has 1 unspecified atom stereocenters. The highest BCUT2D eigenvalue weighted by atomic mass is 32.1. The Bertz CT molecular complexity index is 1230. The van der Waals surface area contributed by atoms with E-state index in [-0.39, 0.29) is 11.9 Å². The molecule has 0 aliphatic rings. The van der Waals surface area contributed by atoms with Crippen LogP contribution in [0.2, 0.25) is 0 Å². The van der Waals surface area contributed by atoms with Crippen LogP contribution in [0.15, 0.2) is 77.2 Å². The van der Waals surface area contributed by atoms with Crippen LogP contribution in [0, 0.1) is 18.3 Å². The first kappa shape index (κ1) is 19.7. The summed E-state index contributed by atoms with van der Waals surface area (Å²) >= 11 is 1.42. The summed E-state index contributed by atoms with van der Waals surface area (Å²) in [5.41, 5.74) is 3.68. The van der Waals surface area contributed by atoms with Crippen molar-refractivity contribution in [2.24, 2.45) is 0 Å². The van der Waals surface area contributed by atoms with Gasteiger partial charge in [-0.25, -0.2) is 0 Å². The van der Waals surface area contributed by atoms with Crippen molar-refractivity contribution in [2.75, 3.05) is 0 Å². The average Bonchev–Trinajstić information content (AvgIpc) is 3.43. The second-order valence-electron chi connectivity index (χ2n) is 7.08. The number of amides is 1. The molecule has 30 heavy (non-hydrogen) atoms. The van der Waals surface area contributed by atoms with E-state index in [0.29, 0.717) is 10.4 Å². The van der Waals surface area contributed by atoms with Gasteiger partial charge in [-0.3, -0.25) is 4.79 Å². The highest BCUT2D eigenvalue weighted by Gasteiger charge is 2.15. The first-order chi connectivity index (χ1) is 14.5. The number of hydrogen-bond donors (Lipinski definition) is 1. The predicted molar refractivity (Wildman–Crippen MR) is 119 cm³/mol. The van der Waals surface area contributed by atoms with Crippen LogP contribution in [-0.2, 0) is 0 Å². The van der Waals surface area contributed by atoms with Gasteiger partial charge in [-0.05, 0) is 66.9 Å². The molecular formula is C25H20N2O2S. The van der Waals surface area contributed by atoms with Gasteiger partial charge < -0.3 is 9.73 Å². The number of hydrogen-bond acceptors (Lipinski definition) is 4. The van der Waals surface area contributed by atoms with E-state index in [1.54, 1.807) is 6.07 Å². The van der Waals surface area contributed by atoms with Crippen LogP contribution < -0.4 is 5.32 Å². The van der Waals surface area contributed by atoms with E-state index in [1.165, 1.54) is 11.3 Å². The van der Waals surface area contributed by atoms with Crippen LogP contribution in [0.4, 0.5) is 0 Å². The maximum absolute atomic E-state index is 12.7. The Hall–Kier alpha value is -3.62. The molecule has 0 fully saturated rings. The number of carbonyl (C=O) groups excluding carboxylic acids is 1. The monoisotopic (exact) mass is 412 g/mol. The summed E-state index contributed by atoms with van der Waals surface area (Å²) in [7, 11) is 0. The molecule has 5 heteroatoms. The standard InChI is InChI=1S/C25H20N2O2S/c1-16-6-11-22(29-16)23-12-13-24(30-23)25(28)27-17(2)19-7-9-20(10-8-19)21-5-3-4-18(14-21)15-26/h3-14,17H,1-2H3,(H,27,28). The number of carbonyl (C=O) groups is 1. The third-order valence-corrected chi connectivity index (χ3v) is 5.99. The van der Waals surface area contributed by atoms with Crippen molar-refractivity contribution in [2.45, 2.75) is 19.9 Å². The Morgan fingerprint density at radius 3 is 2.53 bits per heavy atom. The van der Waals surface area contributed by atoms with Crippen LogP contribution in [0.3, 0.4) is 0 Å². The minimum absolute atomic E-state index is 0.104. The van der Waals surface area contributed by atoms with Crippen LogP contribution in [0.25, 0.3) is 21.8 Å². The zero-order valence-corrected chi connectivity index (χ0v) is 17.5. The van der Waals surface area contributed by atoms with Crippen molar-refractivity contribution in [3.8, 4) is 27.8 Å². The number of rotatable bonds is 5. The zero-order chi connectivity index (χ0) is 21.1. The number of furan rings is 1. The largest absolute Gasteiger partial charge is 0.461 e. The highest BCUT2D eigenvalue weighted by molar-refractivity contribution is 7.17. The second-order valence-corrected chi connectivity index (χ2v) is 8.17. The summed E-state index contributed by atoms with van der Waals surface area (Å²) in [6, 6.07) is 25.2. The number of benzene rings is 2.